The van der Waals surface area contributed by atoms with Gasteiger partial charge in [0.25, 0.3) is 5.91 Å². The van der Waals surface area contributed by atoms with E-state index >= 15 is 0 Å². The Kier molecular flexibility index (Phi) is 10.6. The molecule has 2 aromatic heterocycles. The molecule has 1 aliphatic heterocycles. The second-order valence-electron chi connectivity index (χ2n) is 12.1. The van der Waals surface area contributed by atoms with Crippen LogP contribution in [0.5, 0.6) is 0 Å². The fourth-order valence-electron chi connectivity index (χ4n) is 5.25. The number of hydrogen-bond donors (Lipinski definition) is 0. The zero-order valence-electron chi connectivity index (χ0n) is 25.3. The largest absolute Gasteiger partial charge is 0.379 e. The molecule has 3 heterocycles. The van der Waals surface area contributed by atoms with E-state index in [1.807, 2.05) is 23.7 Å². The van der Waals surface area contributed by atoms with E-state index in [1.165, 1.54) is 5.56 Å². The summed E-state index contributed by atoms with van der Waals surface area (Å²) in [6.07, 6.45) is 5.92. The maximum absolute atomic E-state index is 13.8. The van der Waals surface area contributed by atoms with Gasteiger partial charge in [-0.15, -0.1) is 0 Å². The molecule has 6 nitrogen and oxygen atoms in total. The van der Waals surface area contributed by atoms with Gasteiger partial charge < -0.3 is 9.64 Å². The molecule has 216 valence electrons. The molecule has 1 amide bonds. The standard InChI is InChI=1S/C34H48N4O2/c1-25(2)13-17-37(18-14-26(3)4)34(39)30-15-19-38-32(24-30)31(8-7-16-36-20-22-40-23-21-36)33(35-38)29-11-9-28(10-12-29)27(5)6/h9-12,15,19,24-26H,5,7-8,13-14,16-18,20-23H2,1-4,6H3. The molecule has 0 radical (unpaired) electrons. The number of aromatic nitrogens is 2. The molecule has 0 saturated carbocycles. The zero-order chi connectivity index (χ0) is 28.6. The molecule has 6 heteroatoms. The monoisotopic (exact) mass is 544 g/mol. The molecule has 1 aromatic carbocycles. The van der Waals surface area contributed by atoms with Crippen molar-refractivity contribution >= 4 is 17.0 Å². The maximum atomic E-state index is 13.8. The molecule has 0 N–H and O–H groups in total. The van der Waals surface area contributed by atoms with Crippen molar-refractivity contribution in [1.29, 1.82) is 0 Å². The van der Waals surface area contributed by atoms with Crippen LogP contribution in [-0.4, -0.2) is 71.3 Å². The van der Waals surface area contributed by atoms with Crippen LogP contribution in [-0.2, 0) is 11.2 Å². The van der Waals surface area contributed by atoms with Crippen molar-refractivity contribution in [1.82, 2.24) is 19.4 Å². The van der Waals surface area contributed by atoms with Gasteiger partial charge in [0.15, 0.2) is 0 Å². The lowest BCUT2D eigenvalue weighted by Crippen LogP contribution is -2.36. The summed E-state index contributed by atoms with van der Waals surface area (Å²) in [4.78, 5) is 18.3. The van der Waals surface area contributed by atoms with Crippen molar-refractivity contribution < 1.29 is 9.53 Å². The van der Waals surface area contributed by atoms with Crippen LogP contribution >= 0.6 is 0 Å². The molecule has 40 heavy (non-hydrogen) atoms. The zero-order valence-corrected chi connectivity index (χ0v) is 25.3. The summed E-state index contributed by atoms with van der Waals surface area (Å²) in [6, 6.07) is 12.5. The van der Waals surface area contributed by atoms with Crippen molar-refractivity contribution in [3.8, 4) is 11.3 Å². The Bertz CT molecular complexity index is 1260. The molecule has 0 bridgehead atoms. The molecule has 0 atom stereocenters. The van der Waals surface area contributed by atoms with Crippen LogP contribution in [0.1, 0.15) is 75.4 Å². The Labute approximate surface area is 241 Å². The summed E-state index contributed by atoms with van der Waals surface area (Å²) < 4.78 is 7.49. The Morgan fingerprint density at radius 3 is 2.25 bits per heavy atom. The van der Waals surface area contributed by atoms with Gasteiger partial charge in [-0.1, -0.05) is 64.1 Å². The first kappa shape index (κ1) is 30.0. The Hall–Kier alpha value is -2.96. The molecular weight excluding hydrogens is 496 g/mol. The number of pyridine rings is 1. The van der Waals surface area contributed by atoms with Crippen LogP contribution in [0, 0.1) is 11.8 Å². The van der Waals surface area contributed by atoms with Gasteiger partial charge >= 0.3 is 0 Å². The lowest BCUT2D eigenvalue weighted by molar-refractivity contribution is 0.0375. The molecule has 1 saturated heterocycles. The molecule has 0 aliphatic carbocycles. The van der Waals surface area contributed by atoms with E-state index in [0.29, 0.717) is 11.8 Å². The van der Waals surface area contributed by atoms with Crippen LogP contribution in [0.3, 0.4) is 0 Å². The number of nitrogens with zero attached hydrogens (tertiary/aromatic N) is 4. The Balaban J connectivity index is 1.66. The number of ether oxygens (including phenoxy) is 1. The second-order valence-corrected chi connectivity index (χ2v) is 12.1. The van der Waals surface area contributed by atoms with Gasteiger partial charge in [0, 0.05) is 49.1 Å². The predicted molar refractivity (Wildman–Crippen MR) is 166 cm³/mol. The number of morpholine rings is 1. The van der Waals surface area contributed by atoms with Crippen LogP contribution in [0.2, 0.25) is 0 Å². The van der Waals surface area contributed by atoms with Crippen molar-refractivity contribution in [2.24, 2.45) is 11.8 Å². The first-order valence-electron chi connectivity index (χ1n) is 15.1. The van der Waals surface area contributed by atoms with Gasteiger partial charge in [-0.25, -0.2) is 4.52 Å². The lowest BCUT2D eigenvalue weighted by atomic mass is 9.99. The maximum Gasteiger partial charge on any atom is 0.253 e. The number of carbonyl (C=O) groups excluding carboxylic acids is 1. The fourth-order valence-corrected chi connectivity index (χ4v) is 5.25. The fraction of sp³-hybridized carbons (Fsp3) is 0.529. The third kappa shape index (κ3) is 7.82. The summed E-state index contributed by atoms with van der Waals surface area (Å²) in [5, 5.41) is 5.02. The van der Waals surface area contributed by atoms with Gasteiger partial charge in [0.2, 0.25) is 0 Å². The number of carbonyl (C=O) groups is 1. The second kappa shape index (κ2) is 14.1. The normalized spacial score (nSPS) is 14.4. The molecule has 1 aliphatic rings. The average Bonchev–Trinajstić information content (AvgIpc) is 3.31. The van der Waals surface area contributed by atoms with Gasteiger partial charge in [-0.3, -0.25) is 9.69 Å². The van der Waals surface area contributed by atoms with Gasteiger partial charge in [0.05, 0.1) is 24.4 Å². The number of amides is 1. The Morgan fingerprint density at radius 2 is 1.65 bits per heavy atom. The van der Waals surface area contributed by atoms with E-state index in [4.69, 9.17) is 9.84 Å². The summed E-state index contributed by atoms with van der Waals surface area (Å²) >= 11 is 0. The van der Waals surface area contributed by atoms with Crippen LogP contribution in [0.15, 0.2) is 49.2 Å². The third-order valence-corrected chi connectivity index (χ3v) is 7.88. The number of rotatable bonds is 13. The Morgan fingerprint density at radius 1 is 1.00 bits per heavy atom. The van der Waals surface area contributed by atoms with E-state index in [0.717, 1.165) is 105 Å². The summed E-state index contributed by atoms with van der Waals surface area (Å²) in [6.45, 7) is 21.2. The van der Waals surface area contributed by atoms with E-state index in [-0.39, 0.29) is 5.91 Å². The molecule has 0 spiro atoms. The van der Waals surface area contributed by atoms with E-state index in [2.05, 4.69) is 74.4 Å². The molecular formula is C34H48N4O2. The smallest absolute Gasteiger partial charge is 0.253 e. The predicted octanol–water partition coefficient (Wildman–Crippen LogP) is 6.83. The van der Waals surface area contributed by atoms with Crippen molar-refractivity contribution in [2.45, 2.75) is 60.3 Å². The highest BCUT2D eigenvalue weighted by Crippen LogP contribution is 2.29. The van der Waals surface area contributed by atoms with Crippen molar-refractivity contribution in [3.63, 3.8) is 0 Å². The molecule has 4 rings (SSSR count). The number of hydrogen-bond acceptors (Lipinski definition) is 4. The topological polar surface area (TPSA) is 50.1 Å². The minimum atomic E-state index is 0.122. The number of benzene rings is 1. The van der Waals surface area contributed by atoms with E-state index < -0.39 is 0 Å². The summed E-state index contributed by atoms with van der Waals surface area (Å²) in [5.41, 5.74) is 7.27. The van der Waals surface area contributed by atoms with Gasteiger partial charge in [0.1, 0.15) is 0 Å². The molecule has 3 aromatic rings. The lowest BCUT2D eigenvalue weighted by Gasteiger charge is -2.26. The highest BCUT2D eigenvalue weighted by atomic mass is 16.5. The molecule has 0 unspecified atom stereocenters. The number of allylic oxidation sites excluding steroid dienone is 1. The van der Waals surface area contributed by atoms with E-state index in [9.17, 15) is 4.79 Å². The first-order valence-corrected chi connectivity index (χ1v) is 15.1. The van der Waals surface area contributed by atoms with E-state index in [1.54, 1.807) is 0 Å². The minimum Gasteiger partial charge on any atom is -0.379 e. The van der Waals surface area contributed by atoms with Gasteiger partial charge in [-0.05, 0) is 68.7 Å². The summed E-state index contributed by atoms with van der Waals surface area (Å²) in [5.74, 6) is 1.24. The van der Waals surface area contributed by atoms with Crippen LogP contribution in [0.4, 0.5) is 0 Å². The van der Waals surface area contributed by atoms with Crippen LogP contribution < -0.4 is 0 Å². The minimum absolute atomic E-state index is 0.122. The van der Waals surface area contributed by atoms with Crippen molar-refractivity contribution in [3.05, 3.63) is 65.9 Å². The van der Waals surface area contributed by atoms with Crippen molar-refractivity contribution in [2.75, 3.05) is 45.9 Å². The highest BCUT2D eigenvalue weighted by molar-refractivity contribution is 5.95. The van der Waals surface area contributed by atoms with Gasteiger partial charge in [-0.2, -0.15) is 5.10 Å². The highest BCUT2D eigenvalue weighted by Gasteiger charge is 2.21. The molecule has 1 fully saturated rings. The SMILES string of the molecule is C=C(C)c1ccc(-c2nn3ccc(C(=O)N(CCC(C)C)CCC(C)C)cc3c2CCCN2CCOCC2)cc1. The number of aryl methyl sites for hydroxylation is 1. The quantitative estimate of drug-likeness (QED) is 0.237. The average molecular weight is 545 g/mol. The van der Waals surface area contributed by atoms with Crippen LogP contribution in [0.25, 0.3) is 22.3 Å². The summed E-state index contributed by atoms with van der Waals surface area (Å²) in [7, 11) is 0. The first-order chi connectivity index (χ1) is 19.2. The third-order valence-electron chi connectivity index (χ3n) is 7.88. The number of fused-ring (bicyclic) bond motifs is 1.